The van der Waals surface area contributed by atoms with E-state index in [1.165, 1.54) is 11.2 Å². The first-order valence-electron chi connectivity index (χ1n) is 4.57. The minimum atomic E-state index is -0.0313. The molecule has 0 spiro atoms. The fraction of sp³-hybridized carbons (Fsp3) is 0.200. The summed E-state index contributed by atoms with van der Waals surface area (Å²) in [5.41, 5.74) is 4.89. The summed E-state index contributed by atoms with van der Waals surface area (Å²) in [6.45, 7) is 2.07. The molecule has 0 saturated heterocycles. The van der Waals surface area contributed by atoms with Gasteiger partial charge in [-0.1, -0.05) is 0 Å². The molecule has 2 rings (SSSR count). The van der Waals surface area contributed by atoms with Crippen molar-refractivity contribution in [3.8, 4) is 0 Å². The van der Waals surface area contributed by atoms with Gasteiger partial charge in [-0.2, -0.15) is 0 Å². The second-order valence-corrected chi connectivity index (χ2v) is 4.38. The lowest BCUT2D eigenvalue weighted by molar-refractivity contribution is 0.633. The maximum atomic E-state index is 5.55. The van der Waals surface area contributed by atoms with Crippen LogP contribution in [0.2, 0.25) is 0 Å². The zero-order valence-electron chi connectivity index (χ0n) is 8.34. The molecule has 5 heteroatoms. The zero-order valence-corrected chi connectivity index (χ0v) is 9.16. The number of nitrogens with one attached hydrogen (secondary N) is 1. The van der Waals surface area contributed by atoms with Crippen molar-refractivity contribution in [3.63, 3.8) is 0 Å². The first-order chi connectivity index (χ1) is 7.31. The van der Waals surface area contributed by atoms with E-state index in [9.17, 15) is 0 Å². The van der Waals surface area contributed by atoms with Crippen LogP contribution >= 0.6 is 11.3 Å². The Bertz CT molecular complexity index is 426. The number of aryl methyl sites for hydroxylation is 1. The summed E-state index contributed by atoms with van der Waals surface area (Å²) < 4.78 is 0. The van der Waals surface area contributed by atoms with Gasteiger partial charge in [0.15, 0.2) is 0 Å². The Morgan fingerprint density at radius 3 is 2.60 bits per heavy atom. The maximum absolute atomic E-state index is 5.55. The average molecular weight is 220 g/mol. The van der Waals surface area contributed by atoms with E-state index in [2.05, 4.69) is 33.8 Å². The molecule has 0 aliphatic rings. The van der Waals surface area contributed by atoms with Gasteiger partial charge in [-0.25, -0.2) is 15.4 Å². The van der Waals surface area contributed by atoms with E-state index in [0.29, 0.717) is 0 Å². The third-order valence-corrected chi connectivity index (χ3v) is 3.04. The van der Waals surface area contributed by atoms with E-state index < -0.39 is 0 Å². The van der Waals surface area contributed by atoms with Crippen molar-refractivity contribution in [2.75, 3.05) is 0 Å². The molecule has 2 heterocycles. The van der Waals surface area contributed by atoms with Crippen molar-refractivity contribution in [1.29, 1.82) is 0 Å². The molecule has 0 radical (unpaired) electrons. The Morgan fingerprint density at radius 1 is 1.33 bits per heavy atom. The third kappa shape index (κ3) is 2.20. The summed E-state index contributed by atoms with van der Waals surface area (Å²) in [7, 11) is 0. The fourth-order valence-electron chi connectivity index (χ4n) is 1.46. The first kappa shape index (κ1) is 10.2. The summed E-state index contributed by atoms with van der Waals surface area (Å²) in [6.07, 6.45) is 5.05. The van der Waals surface area contributed by atoms with E-state index in [1.807, 2.05) is 0 Å². The first-order valence-corrected chi connectivity index (χ1v) is 5.45. The van der Waals surface area contributed by atoms with Crippen LogP contribution < -0.4 is 11.3 Å². The van der Waals surface area contributed by atoms with Gasteiger partial charge in [-0.05, 0) is 23.9 Å². The van der Waals surface area contributed by atoms with Crippen molar-refractivity contribution < 1.29 is 0 Å². The van der Waals surface area contributed by atoms with Crippen LogP contribution in [0, 0.1) is 6.92 Å². The Balaban J connectivity index is 2.33. The Labute approximate surface area is 92.2 Å². The summed E-state index contributed by atoms with van der Waals surface area (Å²) in [6, 6.07) is 2.08. The van der Waals surface area contributed by atoms with E-state index in [1.54, 1.807) is 23.7 Å². The van der Waals surface area contributed by atoms with Crippen LogP contribution in [-0.2, 0) is 0 Å². The van der Waals surface area contributed by atoms with Gasteiger partial charge in [0.25, 0.3) is 0 Å². The second kappa shape index (κ2) is 4.48. The van der Waals surface area contributed by atoms with Gasteiger partial charge in [0.05, 0.1) is 6.04 Å². The number of hydrazine groups is 1. The van der Waals surface area contributed by atoms with Crippen molar-refractivity contribution >= 4 is 11.3 Å². The largest absolute Gasteiger partial charge is 0.271 e. The predicted octanol–water partition coefficient (Wildman–Crippen LogP) is 1.40. The smallest absolute Gasteiger partial charge is 0.115 e. The highest BCUT2D eigenvalue weighted by molar-refractivity contribution is 7.10. The van der Waals surface area contributed by atoms with E-state index >= 15 is 0 Å². The molecule has 4 nitrogen and oxygen atoms in total. The Hall–Kier alpha value is -1.30. The molecule has 15 heavy (non-hydrogen) atoms. The van der Waals surface area contributed by atoms with Gasteiger partial charge in [0.2, 0.25) is 0 Å². The molecule has 2 aromatic rings. The van der Waals surface area contributed by atoms with E-state index in [4.69, 9.17) is 5.84 Å². The summed E-state index contributed by atoms with van der Waals surface area (Å²) in [4.78, 5) is 9.23. The number of hydrogen-bond acceptors (Lipinski definition) is 5. The van der Waals surface area contributed by atoms with Crippen LogP contribution in [0.3, 0.4) is 0 Å². The Morgan fingerprint density at radius 2 is 2.07 bits per heavy atom. The van der Waals surface area contributed by atoms with Crippen LogP contribution in [0.1, 0.15) is 22.0 Å². The van der Waals surface area contributed by atoms with Crippen molar-refractivity contribution in [1.82, 2.24) is 15.4 Å². The third-order valence-electron chi connectivity index (χ3n) is 2.16. The molecule has 0 fully saturated rings. The highest BCUT2D eigenvalue weighted by Gasteiger charge is 2.13. The van der Waals surface area contributed by atoms with Crippen LogP contribution in [0.4, 0.5) is 0 Å². The standard InChI is InChI=1S/C10H12N4S/c1-7-2-8(5-15-7)10(14-11)9-3-12-6-13-4-9/h2-6,10,14H,11H2,1H3. The Kier molecular flexibility index (Phi) is 3.05. The van der Waals surface area contributed by atoms with Gasteiger partial charge in [-0.15, -0.1) is 11.3 Å². The molecule has 0 aliphatic carbocycles. The summed E-state index contributed by atoms with van der Waals surface area (Å²) in [5, 5.41) is 2.09. The molecule has 0 aromatic carbocycles. The molecule has 78 valence electrons. The number of aromatic nitrogens is 2. The van der Waals surface area contributed by atoms with Gasteiger partial charge >= 0.3 is 0 Å². The van der Waals surface area contributed by atoms with Gasteiger partial charge in [0, 0.05) is 22.8 Å². The van der Waals surface area contributed by atoms with Crippen LogP contribution in [0.5, 0.6) is 0 Å². The molecular weight excluding hydrogens is 208 g/mol. The molecule has 2 aromatic heterocycles. The van der Waals surface area contributed by atoms with Crippen molar-refractivity contribution in [3.05, 3.63) is 46.2 Å². The maximum Gasteiger partial charge on any atom is 0.115 e. The monoisotopic (exact) mass is 220 g/mol. The number of thiophene rings is 1. The topological polar surface area (TPSA) is 63.8 Å². The zero-order chi connectivity index (χ0) is 10.7. The minimum absolute atomic E-state index is 0.0313. The normalized spacial score (nSPS) is 12.7. The van der Waals surface area contributed by atoms with Gasteiger partial charge in [-0.3, -0.25) is 5.84 Å². The van der Waals surface area contributed by atoms with Crippen molar-refractivity contribution in [2.24, 2.45) is 5.84 Å². The summed E-state index contributed by atoms with van der Waals surface area (Å²) >= 11 is 1.71. The van der Waals surface area contributed by atoms with E-state index in [-0.39, 0.29) is 6.04 Å². The molecule has 0 saturated carbocycles. The quantitative estimate of drug-likeness (QED) is 0.606. The number of nitrogens with two attached hydrogens (primary N) is 1. The number of hydrogen-bond donors (Lipinski definition) is 2. The molecule has 0 bridgehead atoms. The fourth-order valence-corrected chi connectivity index (χ4v) is 2.19. The van der Waals surface area contributed by atoms with Gasteiger partial charge in [0.1, 0.15) is 6.33 Å². The van der Waals surface area contributed by atoms with Crippen LogP contribution in [0.25, 0.3) is 0 Å². The highest BCUT2D eigenvalue weighted by Crippen LogP contribution is 2.24. The predicted molar refractivity (Wildman–Crippen MR) is 60.3 cm³/mol. The second-order valence-electron chi connectivity index (χ2n) is 3.26. The lowest BCUT2D eigenvalue weighted by Crippen LogP contribution is -2.28. The van der Waals surface area contributed by atoms with Crippen LogP contribution in [0.15, 0.2) is 30.2 Å². The molecule has 0 aliphatic heterocycles. The molecule has 1 atom stereocenters. The SMILES string of the molecule is Cc1cc(C(NN)c2cncnc2)cs1. The molecule has 1 unspecified atom stereocenters. The van der Waals surface area contributed by atoms with Crippen molar-refractivity contribution in [2.45, 2.75) is 13.0 Å². The minimum Gasteiger partial charge on any atom is -0.271 e. The lowest BCUT2D eigenvalue weighted by Gasteiger charge is -2.13. The number of nitrogens with zero attached hydrogens (tertiary/aromatic N) is 2. The number of rotatable bonds is 3. The lowest BCUT2D eigenvalue weighted by atomic mass is 10.1. The van der Waals surface area contributed by atoms with Gasteiger partial charge < -0.3 is 0 Å². The van der Waals surface area contributed by atoms with E-state index in [0.717, 1.165) is 11.1 Å². The average Bonchev–Trinajstić information content (AvgIpc) is 2.68. The summed E-state index contributed by atoms with van der Waals surface area (Å²) in [5.74, 6) is 5.55. The molecule has 0 amide bonds. The highest BCUT2D eigenvalue weighted by atomic mass is 32.1. The van der Waals surface area contributed by atoms with Crippen LogP contribution in [-0.4, -0.2) is 9.97 Å². The molecular formula is C10H12N4S. The molecule has 3 N–H and O–H groups in total.